The Hall–Kier alpha value is -2.09. The van der Waals surface area contributed by atoms with E-state index in [1.54, 1.807) is 0 Å². The molecule has 8 heteroatoms. The Morgan fingerprint density at radius 3 is 2.17 bits per heavy atom. The van der Waals surface area contributed by atoms with Crippen LogP contribution in [0.15, 0.2) is 27.8 Å². The van der Waals surface area contributed by atoms with Gasteiger partial charge < -0.3 is 15.1 Å². The maximum absolute atomic E-state index is 12.3. The van der Waals surface area contributed by atoms with E-state index in [9.17, 15) is 22.8 Å². The number of aliphatic hydroxyl groups is 1. The summed E-state index contributed by atoms with van der Waals surface area (Å²) in [6, 6.07) is 3.16. The minimum atomic E-state index is -4.80. The fourth-order valence-electron chi connectivity index (χ4n) is 1.49. The zero-order valence-electron chi connectivity index (χ0n) is 8.71. The van der Waals surface area contributed by atoms with Crippen LogP contribution in [0.5, 0.6) is 0 Å². The van der Waals surface area contributed by atoms with Crippen molar-refractivity contribution in [3.05, 3.63) is 44.5 Å². The molecule has 1 aromatic carbocycles. The Bertz CT molecular complexity index is 702. The topological polar surface area (TPSA) is 85.9 Å². The van der Waals surface area contributed by atoms with Gasteiger partial charge in [-0.2, -0.15) is 13.2 Å². The van der Waals surface area contributed by atoms with Gasteiger partial charge in [0, 0.05) is 0 Å². The van der Waals surface area contributed by atoms with E-state index in [0.29, 0.717) is 0 Å². The van der Waals surface area contributed by atoms with Crippen molar-refractivity contribution in [1.29, 1.82) is 0 Å². The van der Waals surface area contributed by atoms with Crippen molar-refractivity contribution in [1.82, 2.24) is 9.97 Å². The fraction of sp³-hybridized carbons (Fsp3) is 0.200. The fourth-order valence-corrected chi connectivity index (χ4v) is 1.49. The lowest BCUT2D eigenvalue weighted by molar-refractivity contribution is -0.206. The van der Waals surface area contributed by atoms with E-state index in [-0.39, 0.29) is 11.0 Å². The highest BCUT2D eigenvalue weighted by Gasteiger charge is 2.39. The number of nitrogens with one attached hydrogen (secondary N) is 2. The SMILES string of the molecule is O=c1[nH]c2ccc(C(O)C(F)(F)F)cc2[nH]c1=O. The van der Waals surface area contributed by atoms with Gasteiger partial charge in [-0.25, -0.2) is 0 Å². The van der Waals surface area contributed by atoms with Gasteiger partial charge in [-0.05, 0) is 17.7 Å². The number of aliphatic hydroxyl groups excluding tert-OH is 1. The van der Waals surface area contributed by atoms with Gasteiger partial charge in [-0.3, -0.25) is 9.59 Å². The zero-order chi connectivity index (χ0) is 13.5. The number of H-pyrrole nitrogens is 2. The van der Waals surface area contributed by atoms with Crippen LogP contribution in [0.4, 0.5) is 13.2 Å². The van der Waals surface area contributed by atoms with Crippen LogP contribution in [0.3, 0.4) is 0 Å². The monoisotopic (exact) mass is 260 g/mol. The lowest BCUT2D eigenvalue weighted by Gasteiger charge is -2.14. The number of aromatic amines is 2. The Morgan fingerprint density at radius 1 is 1.06 bits per heavy atom. The normalized spacial score (nSPS) is 13.8. The molecule has 18 heavy (non-hydrogen) atoms. The third-order valence-corrected chi connectivity index (χ3v) is 2.37. The summed E-state index contributed by atoms with van der Waals surface area (Å²) in [4.78, 5) is 26.3. The van der Waals surface area contributed by atoms with Gasteiger partial charge in [0.15, 0.2) is 6.10 Å². The van der Waals surface area contributed by atoms with Gasteiger partial charge in [0.25, 0.3) is 0 Å². The molecule has 0 aliphatic carbocycles. The molecule has 5 nitrogen and oxygen atoms in total. The van der Waals surface area contributed by atoms with E-state index < -0.39 is 29.0 Å². The minimum absolute atomic E-state index is 0.0143. The van der Waals surface area contributed by atoms with Crippen molar-refractivity contribution in [3.63, 3.8) is 0 Å². The summed E-state index contributed by atoms with van der Waals surface area (Å²) < 4.78 is 36.9. The number of fused-ring (bicyclic) bond motifs is 1. The summed E-state index contributed by atoms with van der Waals surface area (Å²) in [7, 11) is 0. The molecule has 3 N–H and O–H groups in total. The lowest BCUT2D eigenvalue weighted by atomic mass is 10.1. The molecule has 0 radical (unpaired) electrons. The number of benzene rings is 1. The molecular formula is C10H7F3N2O3. The largest absolute Gasteiger partial charge is 0.418 e. The van der Waals surface area contributed by atoms with Gasteiger partial charge in [-0.15, -0.1) is 0 Å². The predicted octanol–water partition coefficient (Wildman–Crippen LogP) is 0.812. The molecule has 96 valence electrons. The molecule has 1 atom stereocenters. The molecule has 2 aromatic rings. The first-order valence-electron chi connectivity index (χ1n) is 4.80. The molecule has 0 bridgehead atoms. The highest BCUT2D eigenvalue weighted by atomic mass is 19.4. The number of hydrogen-bond donors (Lipinski definition) is 3. The third-order valence-electron chi connectivity index (χ3n) is 2.37. The standard InChI is InChI=1S/C10H7F3N2O3/c11-10(12,13)7(16)4-1-2-5-6(3-4)15-9(18)8(17)14-5/h1-3,7,16H,(H,14,17)(H,15,18). The Kier molecular flexibility index (Phi) is 2.74. The van der Waals surface area contributed by atoms with Crippen molar-refractivity contribution >= 4 is 11.0 Å². The Morgan fingerprint density at radius 2 is 1.61 bits per heavy atom. The first kappa shape index (κ1) is 12.4. The van der Waals surface area contributed by atoms with E-state index in [0.717, 1.165) is 12.1 Å². The van der Waals surface area contributed by atoms with E-state index in [1.807, 2.05) is 0 Å². The Balaban J connectivity index is 2.61. The van der Waals surface area contributed by atoms with Crippen LogP contribution in [0, 0.1) is 0 Å². The van der Waals surface area contributed by atoms with E-state index >= 15 is 0 Å². The summed E-state index contributed by atoms with van der Waals surface area (Å²) in [6.45, 7) is 0. The van der Waals surface area contributed by atoms with Crippen LogP contribution < -0.4 is 11.1 Å². The number of halogens is 3. The van der Waals surface area contributed by atoms with Crippen molar-refractivity contribution in [2.75, 3.05) is 0 Å². The number of rotatable bonds is 1. The van der Waals surface area contributed by atoms with Crippen LogP contribution in [0.1, 0.15) is 11.7 Å². The molecule has 1 unspecified atom stereocenters. The van der Waals surface area contributed by atoms with Gasteiger partial charge >= 0.3 is 17.3 Å². The van der Waals surface area contributed by atoms with Crippen LogP contribution in [0.2, 0.25) is 0 Å². The summed E-state index contributed by atoms with van der Waals surface area (Å²) in [5.74, 6) is 0. The highest BCUT2D eigenvalue weighted by Crippen LogP contribution is 2.32. The average Bonchev–Trinajstić information content (AvgIpc) is 2.28. The summed E-state index contributed by atoms with van der Waals surface area (Å²) in [5.41, 5.74) is -2.09. The highest BCUT2D eigenvalue weighted by molar-refractivity contribution is 5.74. The summed E-state index contributed by atoms with van der Waals surface area (Å²) in [5, 5.41) is 9.05. The number of aromatic nitrogens is 2. The minimum Gasteiger partial charge on any atom is -0.379 e. The molecule has 0 aliphatic heterocycles. The van der Waals surface area contributed by atoms with Crippen molar-refractivity contribution in [2.45, 2.75) is 12.3 Å². The van der Waals surface area contributed by atoms with Crippen LogP contribution in [0.25, 0.3) is 11.0 Å². The lowest BCUT2D eigenvalue weighted by Crippen LogP contribution is -2.29. The quantitative estimate of drug-likeness (QED) is 0.663. The molecule has 1 heterocycles. The molecule has 0 spiro atoms. The molecular weight excluding hydrogens is 253 g/mol. The second-order valence-corrected chi connectivity index (χ2v) is 3.66. The smallest absolute Gasteiger partial charge is 0.379 e. The number of alkyl halides is 3. The molecule has 2 rings (SSSR count). The number of hydrogen-bond acceptors (Lipinski definition) is 3. The maximum Gasteiger partial charge on any atom is 0.418 e. The van der Waals surface area contributed by atoms with Crippen molar-refractivity contribution in [2.24, 2.45) is 0 Å². The first-order chi connectivity index (χ1) is 8.29. The Labute approximate surface area is 96.9 Å². The van der Waals surface area contributed by atoms with Gasteiger partial charge in [-0.1, -0.05) is 6.07 Å². The molecule has 0 saturated heterocycles. The van der Waals surface area contributed by atoms with E-state index in [4.69, 9.17) is 5.11 Å². The second-order valence-electron chi connectivity index (χ2n) is 3.66. The van der Waals surface area contributed by atoms with E-state index in [2.05, 4.69) is 9.97 Å². The molecule has 0 aliphatic rings. The summed E-state index contributed by atoms with van der Waals surface area (Å²) in [6.07, 6.45) is -7.44. The van der Waals surface area contributed by atoms with Crippen molar-refractivity contribution in [3.8, 4) is 0 Å². The van der Waals surface area contributed by atoms with E-state index in [1.165, 1.54) is 6.07 Å². The zero-order valence-corrected chi connectivity index (χ0v) is 8.71. The van der Waals surface area contributed by atoms with Gasteiger partial charge in [0.2, 0.25) is 0 Å². The maximum atomic E-state index is 12.3. The molecule has 0 saturated carbocycles. The first-order valence-corrected chi connectivity index (χ1v) is 4.80. The molecule has 1 aromatic heterocycles. The average molecular weight is 260 g/mol. The second kappa shape index (κ2) is 3.98. The third kappa shape index (κ3) is 2.14. The predicted molar refractivity (Wildman–Crippen MR) is 56.2 cm³/mol. The van der Waals surface area contributed by atoms with Crippen LogP contribution in [-0.2, 0) is 0 Å². The van der Waals surface area contributed by atoms with Gasteiger partial charge in [0.05, 0.1) is 11.0 Å². The summed E-state index contributed by atoms with van der Waals surface area (Å²) >= 11 is 0. The van der Waals surface area contributed by atoms with Crippen LogP contribution >= 0.6 is 0 Å². The van der Waals surface area contributed by atoms with Crippen molar-refractivity contribution < 1.29 is 18.3 Å². The molecule has 0 fully saturated rings. The van der Waals surface area contributed by atoms with Crippen LogP contribution in [-0.4, -0.2) is 21.3 Å². The van der Waals surface area contributed by atoms with Gasteiger partial charge in [0.1, 0.15) is 0 Å². The molecule has 0 amide bonds.